The second kappa shape index (κ2) is 5.10. The highest BCUT2D eigenvalue weighted by atomic mass is 35.5. The van der Waals surface area contributed by atoms with Gasteiger partial charge in [-0.15, -0.1) is 0 Å². The Morgan fingerprint density at radius 1 is 1.00 bits per heavy atom. The summed E-state index contributed by atoms with van der Waals surface area (Å²) in [4.78, 5) is 8.37. The first kappa shape index (κ1) is 12.9. The second-order valence-electron chi connectivity index (χ2n) is 4.59. The molecule has 0 aliphatic heterocycles. The highest BCUT2D eigenvalue weighted by Crippen LogP contribution is 2.32. The number of hydrogen-bond acceptors (Lipinski definition) is 3. The number of nitrogen functional groups attached to an aromatic ring is 1. The number of benzene rings is 2. The van der Waals surface area contributed by atoms with Crippen LogP contribution < -0.4 is 5.73 Å². The number of hydrogen-bond donors (Lipinski definition) is 1. The van der Waals surface area contributed by atoms with Gasteiger partial charge in [0.2, 0.25) is 5.28 Å². The number of nitrogens with two attached hydrogens (primary N) is 1. The van der Waals surface area contributed by atoms with Crippen LogP contribution in [0.4, 0.5) is 5.82 Å². The number of aromatic nitrogens is 2. The van der Waals surface area contributed by atoms with E-state index in [-0.39, 0.29) is 5.28 Å². The summed E-state index contributed by atoms with van der Waals surface area (Å²) >= 11 is 5.95. The Bertz CT molecular complexity index is 784. The van der Waals surface area contributed by atoms with E-state index in [9.17, 15) is 0 Å². The van der Waals surface area contributed by atoms with E-state index in [1.54, 1.807) is 0 Å². The first-order valence-electron chi connectivity index (χ1n) is 6.50. The third-order valence-corrected chi connectivity index (χ3v) is 3.59. The van der Waals surface area contributed by atoms with Crippen LogP contribution in [0.2, 0.25) is 5.28 Å². The summed E-state index contributed by atoms with van der Waals surface area (Å²) in [6, 6.07) is 14.2. The number of anilines is 1. The molecule has 0 atom stereocenters. The molecule has 1 heterocycles. The maximum absolute atomic E-state index is 5.95. The minimum absolute atomic E-state index is 0.177. The Hall–Kier alpha value is -2.13. The van der Waals surface area contributed by atoms with Crippen LogP contribution in [0, 0.1) is 0 Å². The minimum Gasteiger partial charge on any atom is -0.383 e. The third-order valence-electron chi connectivity index (χ3n) is 3.42. The van der Waals surface area contributed by atoms with E-state index in [2.05, 4.69) is 29.0 Å². The van der Waals surface area contributed by atoms with E-state index >= 15 is 0 Å². The van der Waals surface area contributed by atoms with Gasteiger partial charge in [0.05, 0.1) is 5.52 Å². The van der Waals surface area contributed by atoms with Gasteiger partial charge in [0, 0.05) is 10.9 Å². The van der Waals surface area contributed by atoms with Crippen LogP contribution in [0.15, 0.2) is 42.5 Å². The fraction of sp³-hybridized carbons (Fsp3) is 0.125. The maximum Gasteiger partial charge on any atom is 0.224 e. The van der Waals surface area contributed by atoms with Crippen LogP contribution in [0.3, 0.4) is 0 Å². The normalized spacial score (nSPS) is 10.9. The van der Waals surface area contributed by atoms with Crippen LogP contribution in [0.5, 0.6) is 0 Å². The lowest BCUT2D eigenvalue weighted by Gasteiger charge is -2.11. The van der Waals surface area contributed by atoms with Gasteiger partial charge in [0.1, 0.15) is 5.82 Å². The van der Waals surface area contributed by atoms with Gasteiger partial charge in [-0.3, -0.25) is 0 Å². The Morgan fingerprint density at radius 2 is 1.75 bits per heavy atom. The Kier molecular flexibility index (Phi) is 3.28. The summed E-state index contributed by atoms with van der Waals surface area (Å²) in [5.74, 6) is 0.413. The van der Waals surface area contributed by atoms with Gasteiger partial charge in [-0.05, 0) is 35.2 Å². The summed E-state index contributed by atoms with van der Waals surface area (Å²) in [5, 5.41) is 1.01. The number of para-hydroxylation sites is 1. The van der Waals surface area contributed by atoms with Crippen molar-refractivity contribution < 1.29 is 0 Å². The SMILES string of the molecule is CCc1ccccc1-c1cccc2c(N)nc(Cl)nc12. The molecule has 0 aliphatic carbocycles. The Labute approximate surface area is 122 Å². The van der Waals surface area contributed by atoms with Gasteiger partial charge in [-0.25, -0.2) is 9.97 Å². The first-order chi connectivity index (χ1) is 9.70. The van der Waals surface area contributed by atoms with E-state index in [0.717, 1.165) is 28.5 Å². The molecule has 100 valence electrons. The average Bonchev–Trinajstić information content (AvgIpc) is 2.46. The summed E-state index contributed by atoms with van der Waals surface area (Å²) in [7, 11) is 0. The van der Waals surface area contributed by atoms with Gasteiger partial charge in [-0.1, -0.05) is 43.3 Å². The van der Waals surface area contributed by atoms with Crippen molar-refractivity contribution in [3.8, 4) is 11.1 Å². The molecular weight excluding hydrogens is 270 g/mol. The molecule has 0 fully saturated rings. The third kappa shape index (κ3) is 2.10. The molecule has 0 amide bonds. The van der Waals surface area contributed by atoms with E-state index in [1.165, 1.54) is 5.56 Å². The fourth-order valence-corrected chi connectivity index (χ4v) is 2.63. The molecule has 0 saturated carbocycles. The Morgan fingerprint density at radius 3 is 2.55 bits per heavy atom. The van der Waals surface area contributed by atoms with Crippen LogP contribution in [0.25, 0.3) is 22.0 Å². The topological polar surface area (TPSA) is 51.8 Å². The molecule has 0 radical (unpaired) electrons. The Balaban J connectivity index is 2.37. The molecular formula is C16H14ClN3. The molecule has 3 nitrogen and oxygen atoms in total. The molecule has 20 heavy (non-hydrogen) atoms. The van der Waals surface area contributed by atoms with Gasteiger partial charge < -0.3 is 5.73 Å². The van der Waals surface area contributed by atoms with Crippen molar-refractivity contribution in [2.75, 3.05) is 5.73 Å². The average molecular weight is 284 g/mol. The molecule has 0 spiro atoms. The zero-order chi connectivity index (χ0) is 14.1. The van der Waals surface area contributed by atoms with Crippen molar-refractivity contribution in [3.05, 3.63) is 53.3 Å². The van der Waals surface area contributed by atoms with Crippen molar-refractivity contribution >= 4 is 28.3 Å². The standard InChI is InChI=1S/C16H14ClN3/c1-2-10-6-3-4-7-11(10)12-8-5-9-13-14(12)19-16(17)20-15(13)18/h3-9H,2H2,1H3,(H2,18,19,20). The molecule has 0 aliphatic rings. The lowest BCUT2D eigenvalue weighted by atomic mass is 9.96. The zero-order valence-corrected chi connectivity index (χ0v) is 11.9. The lowest BCUT2D eigenvalue weighted by molar-refractivity contribution is 1.14. The predicted molar refractivity (Wildman–Crippen MR) is 83.8 cm³/mol. The minimum atomic E-state index is 0.177. The fourth-order valence-electron chi connectivity index (χ4n) is 2.46. The van der Waals surface area contributed by atoms with Gasteiger partial charge in [0.25, 0.3) is 0 Å². The second-order valence-corrected chi connectivity index (χ2v) is 4.93. The molecule has 3 rings (SSSR count). The van der Waals surface area contributed by atoms with Crippen molar-refractivity contribution in [3.63, 3.8) is 0 Å². The van der Waals surface area contributed by atoms with Crippen LogP contribution in [-0.4, -0.2) is 9.97 Å². The van der Waals surface area contributed by atoms with Crippen molar-refractivity contribution in [2.24, 2.45) is 0 Å². The molecule has 3 aromatic rings. The van der Waals surface area contributed by atoms with E-state index in [1.807, 2.05) is 30.3 Å². The summed E-state index contributed by atoms with van der Waals surface area (Å²) in [5.41, 5.74) is 10.2. The number of rotatable bonds is 2. The quantitative estimate of drug-likeness (QED) is 0.721. The lowest BCUT2D eigenvalue weighted by Crippen LogP contribution is -1.97. The number of nitrogens with zero attached hydrogens (tertiary/aromatic N) is 2. The molecule has 0 saturated heterocycles. The predicted octanol–water partition coefficient (Wildman–Crippen LogP) is 4.09. The highest BCUT2D eigenvalue weighted by Gasteiger charge is 2.11. The summed E-state index contributed by atoms with van der Waals surface area (Å²) < 4.78 is 0. The molecule has 4 heteroatoms. The highest BCUT2D eigenvalue weighted by molar-refractivity contribution is 6.29. The molecule has 0 bridgehead atoms. The molecule has 1 aromatic heterocycles. The monoisotopic (exact) mass is 283 g/mol. The van der Waals surface area contributed by atoms with Crippen LogP contribution in [0.1, 0.15) is 12.5 Å². The van der Waals surface area contributed by atoms with Gasteiger partial charge in [0.15, 0.2) is 0 Å². The smallest absolute Gasteiger partial charge is 0.224 e. The van der Waals surface area contributed by atoms with E-state index < -0.39 is 0 Å². The van der Waals surface area contributed by atoms with E-state index in [0.29, 0.717) is 5.82 Å². The molecule has 2 N–H and O–H groups in total. The number of fused-ring (bicyclic) bond motifs is 1. The van der Waals surface area contributed by atoms with Crippen molar-refractivity contribution in [2.45, 2.75) is 13.3 Å². The summed E-state index contributed by atoms with van der Waals surface area (Å²) in [6.07, 6.45) is 0.959. The zero-order valence-electron chi connectivity index (χ0n) is 11.1. The first-order valence-corrected chi connectivity index (χ1v) is 6.88. The summed E-state index contributed by atoms with van der Waals surface area (Å²) in [6.45, 7) is 2.14. The van der Waals surface area contributed by atoms with Gasteiger partial charge >= 0.3 is 0 Å². The van der Waals surface area contributed by atoms with Crippen molar-refractivity contribution in [1.29, 1.82) is 0 Å². The van der Waals surface area contributed by atoms with Crippen LogP contribution in [-0.2, 0) is 6.42 Å². The van der Waals surface area contributed by atoms with Crippen molar-refractivity contribution in [1.82, 2.24) is 9.97 Å². The molecule has 0 unspecified atom stereocenters. The number of halogens is 1. The maximum atomic E-state index is 5.95. The van der Waals surface area contributed by atoms with Gasteiger partial charge in [-0.2, -0.15) is 0 Å². The largest absolute Gasteiger partial charge is 0.383 e. The van der Waals surface area contributed by atoms with Crippen LogP contribution >= 0.6 is 11.6 Å². The molecule has 2 aromatic carbocycles. The number of aryl methyl sites for hydroxylation is 1. The van der Waals surface area contributed by atoms with E-state index in [4.69, 9.17) is 17.3 Å².